The Kier molecular flexibility index (Phi) is 6.28. The highest BCUT2D eigenvalue weighted by molar-refractivity contribution is 5.86. The van der Waals surface area contributed by atoms with E-state index in [2.05, 4.69) is 17.6 Å². The van der Waals surface area contributed by atoms with Gasteiger partial charge in [0.15, 0.2) is 0 Å². The third-order valence-electron chi connectivity index (χ3n) is 3.70. The summed E-state index contributed by atoms with van der Waals surface area (Å²) in [4.78, 5) is 23.6. The van der Waals surface area contributed by atoms with Crippen LogP contribution < -0.4 is 16.4 Å². The average molecular weight is 269 g/mol. The number of carbonyl (C=O) groups excluding carboxylic acids is 2. The number of hydrogen-bond donors (Lipinski definition) is 3. The van der Waals surface area contributed by atoms with Crippen LogP contribution in [0.25, 0.3) is 0 Å². The summed E-state index contributed by atoms with van der Waals surface area (Å²) in [5, 5.41) is 5.50. The molecule has 1 aliphatic carbocycles. The van der Waals surface area contributed by atoms with Gasteiger partial charge in [-0.25, -0.2) is 0 Å². The first-order chi connectivity index (χ1) is 8.90. The molecule has 1 saturated carbocycles. The van der Waals surface area contributed by atoms with Crippen molar-refractivity contribution in [3.05, 3.63) is 0 Å². The maximum atomic E-state index is 12.0. The van der Waals surface area contributed by atoms with Crippen LogP contribution in [-0.2, 0) is 9.59 Å². The second-order valence-corrected chi connectivity index (χ2v) is 6.07. The van der Waals surface area contributed by atoms with E-state index in [1.54, 1.807) is 0 Å². The predicted octanol–water partition coefficient (Wildman–Crippen LogP) is 0.638. The lowest BCUT2D eigenvalue weighted by molar-refractivity contribution is -0.130. The molecule has 0 aromatic carbocycles. The van der Waals surface area contributed by atoms with Crippen LogP contribution in [0, 0.1) is 17.8 Å². The lowest BCUT2D eigenvalue weighted by atomic mass is 9.78. The van der Waals surface area contributed by atoms with Gasteiger partial charge in [-0.05, 0) is 31.1 Å². The van der Waals surface area contributed by atoms with E-state index in [9.17, 15) is 9.59 Å². The van der Waals surface area contributed by atoms with Gasteiger partial charge in [0.2, 0.25) is 11.8 Å². The fraction of sp³-hybridized carbons (Fsp3) is 0.857. The van der Waals surface area contributed by atoms with Crippen LogP contribution in [0.15, 0.2) is 0 Å². The molecule has 0 spiro atoms. The smallest absolute Gasteiger partial charge is 0.239 e. The van der Waals surface area contributed by atoms with E-state index in [0.717, 1.165) is 19.3 Å². The Hall–Kier alpha value is -1.10. The van der Waals surface area contributed by atoms with E-state index in [1.165, 1.54) is 0 Å². The molecule has 2 amide bonds. The first kappa shape index (κ1) is 16.0. The molecule has 19 heavy (non-hydrogen) atoms. The molecule has 1 aliphatic rings. The first-order valence-electron chi connectivity index (χ1n) is 7.20. The van der Waals surface area contributed by atoms with E-state index >= 15 is 0 Å². The van der Waals surface area contributed by atoms with Crippen molar-refractivity contribution in [3.63, 3.8) is 0 Å². The Bertz CT molecular complexity index is 318. The van der Waals surface area contributed by atoms with Gasteiger partial charge >= 0.3 is 0 Å². The van der Waals surface area contributed by atoms with Gasteiger partial charge in [-0.2, -0.15) is 0 Å². The third-order valence-corrected chi connectivity index (χ3v) is 3.70. The summed E-state index contributed by atoms with van der Waals surface area (Å²) < 4.78 is 0. The van der Waals surface area contributed by atoms with Crippen molar-refractivity contribution >= 4 is 11.8 Å². The lowest BCUT2D eigenvalue weighted by Gasteiger charge is -2.31. The molecule has 1 rings (SSSR count). The monoisotopic (exact) mass is 269 g/mol. The summed E-state index contributed by atoms with van der Waals surface area (Å²) in [6, 6.07) is 0.113. The van der Waals surface area contributed by atoms with Gasteiger partial charge in [-0.1, -0.05) is 20.8 Å². The maximum Gasteiger partial charge on any atom is 0.239 e. The van der Waals surface area contributed by atoms with Gasteiger partial charge in [-0.15, -0.1) is 0 Å². The minimum Gasteiger partial charge on any atom is -0.354 e. The zero-order valence-corrected chi connectivity index (χ0v) is 12.2. The zero-order valence-electron chi connectivity index (χ0n) is 12.2. The number of nitrogens with two attached hydrogens (primary N) is 1. The summed E-state index contributed by atoms with van der Waals surface area (Å²) in [7, 11) is 0. The second kappa shape index (κ2) is 7.48. The number of carbonyl (C=O) groups is 2. The molecule has 0 aliphatic heterocycles. The summed E-state index contributed by atoms with van der Waals surface area (Å²) in [6.45, 7) is 6.84. The summed E-state index contributed by atoms with van der Waals surface area (Å²) in [5.41, 5.74) is 5.90. The molecule has 0 aromatic rings. The molecule has 0 bridgehead atoms. The van der Waals surface area contributed by atoms with Gasteiger partial charge in [-0.3, -0.25) is 9.59 Å². The van der Waals surface area contributed by atoms with Gasteiger partial charge in [0.25, 0.3) is 0 Å². The normalized spacial score (nSPS) is 27.1. The fourth-order valence-corrected chi connectivity index (χ4v) is 2.40. The second-order valence-electron chi connectivity index (χ2n) is 6.07. The van der Waals surface area contributed by atoms with Crippen molar-refractivity contribution in [2.24, 2.45) is 23.5 Å². The molecule has 3 unspecified atom stereocenters. The topological polar surface area (TPSA) is 84.2 Å². The molecule has 0 radical (unpaired) electrons. The van der Waals surface area contributed by atoms with E-state index in [4.69, 9.17) is 5.73 Å². The standard InChI is InChI=1S/C14H27N3O2/c1-9(2)7-16-13(18)8-17-14(19)12-6-11(15)5-4-10(12)3/h9-12H,4-8,15H2,1-3H3,(H,16,18)(H,17,19). The molecule has 1 fully saturated rings. The van der Waals surface area contributed by atoms with Crippen molar-refractivity contribution in [1.29, 1.82) is 0 Å². The Morgan fingerprint density at radius 1 is 1.26 bits per heavy atom. The number of rotatable bonds is 5. The highest BCUT2D eigenvalue weighted by Gasteiger charge is 2.31. The third kappa shape index (κ3) is 5.59. The van der Waals surface area contributed by atoms with Crippen molar-refractivity contribution < 1.29 is 9.59 Å². The molecule has 5 heteroatoms. The van der Waals surface area contributed by atoms with E-state index in [-0.39, 0.29) is 30.3 Å². The van der Waals surface area contributed by atoms with Crippen molar-refractivity contribution in [1.82, 2.24) is 10.6 Å². The minimum absolute atomic E-state index is 0.0395. The predicted molar refractivity (Wildman–Crippen MR) is 75.3 cm³/mol. The largest absolute Gasteiger partial charge is 0.354 e. The summed E-state index contributed by atoms with van der Waals surface area (Å²) in [6.07, 6.45) is 2.69. The highest BCUT2D eigenvalue weighted by atomic mass is 16.2. The lowest BCUT2D eigenvalue weighted by Crippen LogP contribution is -2.45. The van der Waals surface area contributed by atoms with Crippen molar-refractivity contribution in [3.8, 4) is 0 Å². The number of amides is 2. The molecule has 3 atom stereocenters. The van der Waals surface area contributed by atoms with Crippen LogP contribution in [0.3, 0.4) is 0 Å². The molecular weight excluding hydrogens is 242 g/mol. The summed E-state index contributed by atoms with van der Waals surface area (Å²) >= 11 is 0. The highest BCUT2D eigenvalue weighted by Crippen LogP contribution is 2.28. The Balaban J connectivity index is 2.32. The molecule has 5 nitrogen and oxygen atoms in total. The molecular formula is C14H27N3O2. The van der Waals surface area contributed by atoms with Crippen LogP contribution in [0.2, 0.25) is 0 Å². The van der Waals surface area contributed by atoms with E-state index < -0.39 is 0 Å². The Labute approximate surface area is 115 Å². The SMILES string of the molecule is CC(C)CNC(=O)CNC(=O)C1CC(N)CCC1C. The molecule has 110 valence electrons. The van der Waals surface area contributed by atoms with Crippen LogP contribution in [0.1, 0.15) is 40.0 Å². The van der Waals surface area contributed by atoms with E-state index in [1.807, 2.05) is 13.8 Å². The fourth-order valence-electron chi connectivity index (χ4n) is 2.40. The van der Waals surface area contributed by atoms with Gasteiger partial charge in [0.05, 0.1) is 6.54 Å². The van der Waals surface area contributed by atoms with Crippen LogP contribution in [0.4, 0.5) is 0 Å². The Morgan fingerprint density at radius 3 is 2.58 bits per heavy atom. The summed E-state index contributed by atoms with van der Waals surface area (Å²) in [5.74, 6) is 0.536. The molecule has 0 heterocycles. The average Bonchev–Trinajstić information content (AvgIpc) is 2.36. The van der Waals surface area contributed by atoms with Crippen LogP contribution >= 0.6 is 0 Å². The molecule has 4 N–H and O–H groups in total. The van der Waals surface area contributed by atoms with Crippen LogP contribution in [0.5, 0.6) is 0 Å². The Morgan fingerprint density at radius 2 is 1.95 bits per heavy atom. The molecule has 0 saturated heterocycles. The quantitative estimate of drug-likeness (QED) is 0.684. The number of hydrogen-bond acceptors (Lipinski definition) is 3. The van der Waals surface area contributed by atoms with Gasteiger partial charge in [0.1, 0.15) is 0 Å². The first-order valence-corrected chi connectivity index (χ1v) is 7.20. The van der Waals surface area contributed by atoms with E-state index in [0.29, 0.717) is 18.4 Å². The van der Waals surface area contributed by atoms with Gasteiger partial charge in [0, 0.05) is 18.5 Å². The number of nitrogens with one attached hydrogen (secondary N) is 2. The minimum atomic E-state index is -0.130. The van der Waals surface area contributed by atoms with Crippen molar-refractivity contribution in [2.45, 2.75) is 46.1 Å². The molecule has 0 aromatic heterocycles. The van der Waals surface area contributed by atoms with Crippen LogP contribution in [-0.4, -0.2) is 30.9 Å². The maximum absolute atomic E-state index is 12.0. The van der Waals surface area contributed by atoms with Crippen molar-refractivity contribution in [2.75, 3.05) is 13.1 Å². The van der Waals surface area contributed by atoms with Gasteiger partial charge < -0.3 is 16.4 Å². The zero-order chi connectivity index (χ0) is 14.4.